The van der Waals surface area contributed by atoms with Crippen molar-refractivity contribution in [2.75, 3.05) is 6.54 Å². The third-order valence-corrected chi connectivity index (χ3v) is 4.14. The van der Waals surface area contributed by atoms with Crippen LogP contribution in [0.5, 0.6) is 0 Å². The quantitative estimate of drug-likeness (QED) is 0.814. The highest BCUT2D eigenvalue weighted by atomic mass is 19.3. The van der Waals surface area contributed by atoms with Crippen molar-refractivity contribution >= 4 is 5.91 Å². The van der Waals surface area contributed by atoms with Crippen LogP contribution < -0.4 is 16.6 Å². The predicted octanol–water partition coefficient (Wildman–Crippen LogP) is 0.350. The summed E-state index contributed by atoms with van der Waals surface area (Å²) in [5, 5.41) is 11.2. The van der Waals surface area contributed by atoms with Crippen molar-refractivity contribution in [3.8, 4) is 6.07 Å². The maximum absolute atomic E-state index is 13.2. The van der Waals surface area contributed by atoms with Crippen molar-refractivity contribution in [2.45, 2.75) is 38.7 Å². The molecule has 0 atom stereocenters. The lowest BCUT2D eigenvalue weighted by Crippen LogP contribution is -2.45. The highest BCUT2D eigenvalue weighted by Crippen LogP contribution is 2.43. The van der Waals surface area contributed by atoms with Crippen LogP contribution in [0, 0.1) is 16.7 Å². The first-order valence-corrected chi connectivity index (χ1v) is 7.21. The first-order valence-electron chi connectivity index (χ1n) is 7.21. The number of nitriles is 1. The van der Waals surface area contributed by atoms with Crippen LogP contribution in [0.15, 0.2) is 15.8 Å². The van der Waals surface area contributed by atoms with Gasteiger partial charge in [0.25, 0.3) is 12.0 Å². The van der Waals surface area contributed by atoms with E-state index in [0.717, 1.165) is 10.8 Å². The van der Waals surface area contributed by atoms with Gasteiger partial charge in [0.05, 0.1) is 0 Å². The minimum Gasteiger partial charge on any atom is -0.354 e. The van der Waals surface area contributed by atoms with Crippen molar-refractivity contribution in [3.63, 3.8) is 0 Å². The Balaban J connectivity index is 2.03. The number of halogens is 2. The Morgan fingerprint density at radius 3 is 2.65 bits per heavy atom. The second kappa shape index (κ2) is 6.73. The van der Waals surface area contributed by atoms with Gasteiger partial charge in [-0.1, -0.05) is 12.8 Å². The Bertz CT molecular complexity index is 742. The summed E-state index contributed by atoms with van der Waals surface area (Å²) in [7, 11) is 0. The molecule has 0 aromatic carbocycles. The molecule has 0 spiro atoms. The summed E-state index contributed by atoms with van der Waals surface area (Å²) >= 11 is 0. The van der Waals surface area contributed by atoms with Crippen LogP contribution >= 0.6 is 0 Å². The van der Waals surface area contributed by atoms with Gasteiger partial charge in [0, 0.05) is 19.3 Å². The fraction of sp³-hybridized carbons (Fsp3) is 0.571. The van der Waals surface area contributed by atoms with E-state index >= 15 is 0 Å². The molecule has 0 unspecified atom stereocenters. The van der Waals surface area contributed by atoms with Gasteiger partial charge in [0.1, 0.15) is 17.0 Å². The van der Waals surface area contributed by atoms with E-state index in [1.807, 2.05) is 4.98 Å². The number of aromatic nitrogens is 2. The molecule has 9 heteroatoms. The van der Waals surface area contributed by atoms with Crippen LogP contribution in [0.3, 0.4) is 0 Å². The van der Waals surface area contributed by atoms with Gasteiger partial charge >= 0.3 is 5.69 Å². The average molecular weight is 326 g/mol. The molecular weight excluding hydrogens is 310 g/mol. The second-order valence-electron chi connectivity index (χ2n) is 5.53. The summed E-state index contributed by atoms with van der Waals surface area (Å²) in [6, 6.07) is 1.64. The zero-order chi connectivity index (χ0) is 17.0. The molecule has 1 fully saturated rings. The van der Waals surface area contributed by atoms with Gasteiger partial charge < -0.3 is 5.32 Å². The van der Waals surface area contributed by atoms with Gasteiger partial charge in [-0.2, -0.15) is 5.26 Å². The Morgan fingerprint density at radius 1 is 1.43 bits per heavy atom. The summed E-state index contributed by atoms with van der Waals surface area (Å²) in [4.78, 5) is 36.9. The number of H-pyrrole nitrogens is 1. The monoisotopic (exact) mass is 326 g/mol. The number of amides is 1. The first-order chi connectivity index (χ1) is 10.9. The fourth-order valence-electron chi connectivity index (χ4n) is 2.77. The molecule has 0 bridgehead atoms. The molecule has 1 aromatic heterocycles. The van der Waals surface area contributed by atoms with Gasteiger partial charge in [0.2, 0.25) is 5.91 Å². The topological polar surface area (TPSA) is 108 Å². The van der Waals surface area contributed by atoms with E-state index in [9.17, 15) is 23.2 Å². The number of rotatable bonds is 5. The van der Waals surface area contributed by atoms with E-state index in [1.54, 1.807) is 6.07 Å². The highest BCUT2D eigenvalue weighted by molar-refractivity contribution is 5.83. The molecule has 1 aliphatic carbocycles. The standard InChI is InChI=1S/C14H16F2N4O3/c15-11(16)14(3-1-2-4-14)12(22)18-5-6-20-8-9(7-17)10(21)19-13(20)23/h8,11H,1-6H2,(H,18,22)(H,19,21,23). The lowest BCUT2D eigenvalue weighted by Gasteiger charge is -2.26. The average Bonchev–Trinajstić information content (AvgIpc) is 3.00. The minimum atomic E-state index is -2.73. The van der Waals surface area contributed by atoms with Crippen molar-refractivity contribution in [2.24, 2.45) is 5.41 Å². The molecule has 2 rings (SSSR count). The van der Waals surface area contributed by atoms with Crippen molar-refractivity contribution in [3.05, 3.63) is 32.6 Å². The third kappa shape index (κ3) is 3.31. The lowest BCUT2D eigenvalue weighted by molar-refractivity contribution is -0.140. The summed E-state index contributed by atoms with van der Waals surface area (Å²) in [5.41, 5.74) is -3.41. The van der Waals surface area contributed by atoms with Gasteiger partial charge in [-0.05, 0) is 12.8 Å². The summed E-state index contributed by atoms with van der Waals surface area (Å²) in [6.07, 6.45) is -0.190. The number of nitrogens with zero attached hydrogens (tertiary/aromatic N) is 2. The number of alkyl halides is 2. The van der Waals surface area contributed by atoms with Crippen LogP contribution in [-0.2, 0) is 11.3 Å². The SMILES string of the molecule is N#Cc1cn(CCNC(=O)C2(C(F)F)CCCC2)c(=O)[nH]c1=O. The molecule has 1 aliphatic rings. The molecule has 2 N–H and O–H groups in total. The molecule has 0 radical (unpaired) electrons. The van der Waals surface area contributed by atoms with E-state index in [1.165, 1.54) is 0 Å². The van der Waals surface area contributed by atoms with E-state index in [0.29, 0.717) is 12.8 Å². The number of aromatic amines is 1. The van der Waals surface area contributed by atoms with Gasteiger partial charge in [-0.25, -0.2) is 13.6 Å². The van der Waals surface area contributed by atoms with E-state index < -0.39 is 29.0 Å². The Kier molecular flexibility index (Phi) is 4.93. The van der Waals surface area contributed by atoms with Crippen LogP contribution in [0.1, 0.15) is 31.2 Å². The van der Waals surface area contributed by atoms with Crippen molar-refractivity contribution in [1.82, 2.24) is 14.9 Å². The molecule has 23 heavy (non-hydrogen) atoms. The highest BCUT2D eigenvalue weighted by Gasteiger charge is 2.48. The second-order valence-corrected chi connectivity index (χ2v) is 5.53. The van der Waals surface area contributed by atoms with Crippen molar-refractivity contribution < 1.29 is 13.6 Å². The lowest BCUT2D eigenvalue weighted by atomic mass is 9.85. The molecule has 1 amide bonds. The van der Waals surface area contributed by atoms with Crippen LogP contribution in [-0.4, -0.2) is 28.4 Å². The molecule has 7 nitrogen and oxygen atoms in total. The normalized spacial score (nSPS) is 16.3. The van der Waals surface area contributed by atoms with Gasteiger partial charge in [-0.15, -0.1) is 0 Å². The predicted molar refractivity (Wildman–Crippen MR) is 76.0 cm³/mol. The number of nitrogens with one attached hydrogen (secondary N) is 2. The molecule has 1 heterocycles. The maximum atomic E-state index is 13.2. The Hall–Kier alpha value is -2.50. The Labute approximate surface area is 129 Å². The molecule has 0 aliphatic heterocycles. The van der Waals surface area contributed by atoms with E-state index in [2.05, 4.69) is 5.32 Å². The molecule has 1 saturated carbocycles. The molecule has 1 aromatic rings. The van der Waals surface area contributed by atoms with Crippen LogP contribution in [0.25, 0.3) is 0 Å². The zero-order valence-electron chi connectivity index (χ0n) is 12.3. The van der Waals surface area contributed by atoms with Crippen LogP contribution in [0.4, 0.5) is 8.78 Å². The van der Waals surface area contributed by atoms with Crippen LogP contribution in [0.2, 0.25) is 0 Å². The largest absolute Gasteiger partial charge is 0.354 e. The van der Waals surface area contributed by atoms with E-state index in [-0.39, 0.29) is 31.5 Å². The number of carbonyl (C=O) groups is 1. The number of hydrogen-bond donors (Lipinski definition) is 2. The third-order valence-electron chi connectivity index (χ3n) is 4.14. The van der Waals surface area contributed by atoms with Crippen molar-refractivity contribution in [1.29, 1.82) is 5.26 Å². The van der Waals surface area contributed by atoms with E-state index in [4.69, 9.17) is 5.26 Å². The minimum absolute atomic E-state index is 0.0324. The van der Waals surface area contributed by atoms with Gasteiger partial charge in [-0.3, -0.25) is 19.1 Å². The molecular formula is C14H16F2N4O3. The summed E-state index contributed by atoms with van der Waals surface area (Å²) in [6.45, 7) is -0.0839. The molecule has 124 valence electrons. The van der Waals surface area contributed by atoms with Gasteiger partial charge in [0.15, 0.2) is 0 Å². The number of hydrogen-bond acceptors (Lipinski definition) is 4. The zero-order valence-corrected chi connectivity index (χ0v) is 12.3. The summed E-state index contributed by atoms with van der Waals surface area (Å²) < 4.78 is 27.5. The molecule has 0 saturated heterocycles. The summed E-state index contributed by atoms with van der Waals surface area (Å²) in [5.74, 6) is -0.719. The Morgan fingerprint density at radius 2 is 2.09 bits per heavy atom. The first kappa shape index (κ1) is 16.9. The fourth-order valence-corrected chi connectivity index (χ4v) is 2.77. The maximum Gasteiger partial charge on any atom is 0.328 e. The number of carbonyl (C=O) groups excluding carboxylic acids is 1. The smallest absolute Gasteiger partial charge is 0.328 e.